The molecule has 0 fully saturated rings. The minimum absolute atomic E-state index is 0. The lowest BCUT2D eigenvalue weighted by atomic mass is 10.5. The molecule has 0 spiro atoms. The minimum Gasteiger partial charge on any atom is -1.00 e. The summed E-state index contributed by atoms with van der Waals surface area (Å²) in [5, 5.41) is 8.55. The molecular weight excluding hydrogens is 170 g/mol. The van der Waals surface area contributed by atoms with Crippen LogP contribution in [0.25, 0.3) is 0 Å². The van der Waals surface area contributed by atoms with Crippen molar-refractivity contribution in [2.24, 2.45) is 0 Å². The van der Waals surface area contributed by atoms with E-state index in [1.807, 2.05) is 6.07 Å². The molecule has 1 N–H and O–H groups in total. The first-order chi connectivity index (χ1) is 3.39. The highest BCUT2D eigenvalue weighted by Crippen LogP contribution is 1.71. The molecule has 1 aromatic rings. The van der Waals surface area contributed by atoms with Crippen LogP contribution in [-0.4, -0.2) is 5.21 Å². The first kappa shape index (κ1) is 7.43. The van der Waals surface area contributed by atoms with Crippen LogP contribution in [0.2, 0.25) is 0 Å². The Kier molecular flexibility index (Phi) is 3.19. The summed E-state index contributed by atoms with van der Waals surface area (Å²) in [5.74, 6) is 0. The van der Waals surface area contributed by atoms with Crippen molar-refractivity contribution in [1.29, 1.82) is 0 Å². The lowest BCUT2D eigenvalue weighted by Gasteiger charge is -1.74. The van der Waals surface area contributed by atoms with Gasteiger partial charge < -0.3 is 17.0 Å². The Bertz CT molecular complexity index is 142. The second-order valence-electron chi connectivity index (χ2n) is 1.26. The molecule has 0 amide bonds. The van der Waals surface area contributed by atoms with E-state index < -0.39 is 0 Å². The lowest BCUT2D eigenvalue weighted by Crippen LogP contribution is -3.00. The molecular formula is C5H6BrNO. The zero-order valence-corrected chi connectivity index (χ0v) is 5.75. The van der Waals surface area contributed by atoms with Crippen molar-refractivity contribution >= 4 is 0 Å². The summed E-state index contributed by atoms with van der Waals surface area (Å²) in [4.78, 5) is 0. The predicted molar refractivity (Wildman–Crippen MR) is 23.8 cm³/mol. The molecule has 1 heterocycles. The van der Waals surface area contributed by atoms with Crippen LogP contribution in [0.3, 0.4) is 0 Å². The molecule has 0 saturated carbocycles. The number of rotatable bonds is 0. The normalized spacial score (nSPS) is 7.50. The molecule has 3 heteroatoms. The number of aromatic nitrogens is 1. The van der Waals surface area contributed by atoms with E-state index >= 15 is 0 Å². The van der Waals surface area contributed by atoms with E-state index in [9.17, 15) is 0 Å². The summed E-state index contributed by atoms with van der Waals surface area (Å²) in [7, 11) is 0. The van der Waals surface area contributed by atoms with E-state index in [-0.39, 0.29) is 17.0 Å². The maximum atomic E-state index is 8.55. The van der Waals surface area contributed by atoms with E-state index in [1.54, 1.807) is 24.5 Å². The van der Waals surface area contributed by atoms with Gasteiger partial charge in [-0.1, -0.05) is 6.07 Å². The Hall–Kier alpha value is -0.570. The third-order valence-corrected chi connectivity index (χ3v) is 0.700. The van der Waals surface area contributed by atoms with Gasteiger partial charge in [0, 0.05) is 16.9 Å². The Balaban J connectivity index is 0.000000490. The fraction of sp³-hybridized carbons (Fsp3) is 0. The number of pyridine rings is 1. The molecule has 0 atom stereocenters. The van der Waals surface area contributed by atoms with Crippen LogP contribution in [0, 0.1) is 0 Å². The number of halogens is 1. The van der Waals surface area contributed by atoms with Crippen LogP contribution in [0.5, 0.6) is 0 Å². The molecule has 1 aromatic heterocycles. The van der Waals surface area contributed by atoms with Crippen molar-refractivity contribution in [3.63, 3.8) is 0 Å². The van der Waals surface area contributed by atoms with Crippen molar-refractivity contribution in [2.45, 2.75) is 0 Å². The standard InChI is InChI=1S/C5H6NO.BrH/c7-6-4-2-1-3-5-6;/h1-5,7H;1H/q+1;/p-1. The van der Waals surface area contributed by atoms with Crippen molar-refractivity contribution in [2.75, 3.05) is 0 Å². The molecule has 0 bridgehead atoms. The van der Waals surface area contributed by atoms with E-state index in [1.165, 1.54) is 0 Å². The van der Waals surface area contributed by atoms with Gasteiger partial charge in [-0.2, -0.15) is 0 Å². The van der Waals surface area contributed by atoms with Crippen molar-refractivity contribution in [3.05, 3.63) is 30.6 Å². The fourth-order valence-corrected chi connectivity index (χ4v) is 0.390. The first-order valence-electron chi connectivity index (χ1n) is 2.05. The molecule has 0 radical (unpaired) electrons. The average molecular weight is 176 g/mol. The Morgan fingerprint density at radius 3 is 1.75 bits per heavy atom. The number of nitrogens with zero attached hydrogens (tertiary/aromatic N) is 1. The zero-order valence-electron chi connectivity index (χ0n) is 4.16. The molecule has 0 aliphatic carbocycles. The van der Waals surface area contributed by atoms with Gasteiger partial charge in [-0.25, -0.2) is 0 Å². The van der Waals surface area contributed by atoms with Gasteiger partial charge in [0.2, 0.25) is 12.4 Å². The monoisotopic (exact) mass is 175 g/mol. The lowest BCUT2D eigenvalue weighted by molar-refractivity contribution is -0.904. The largest absolute Gasteiger partial charge is 1.00 e. The van der Waals surface area contributed by atoms with E-state index in [0.29, 0.717) is 0 Å². The molecule has 0 aromatic carbocycles. The summed E-state index contributed by atoms with van der Waals surface area (Å²) in [6.45, 7) is 0. The molecule has 2 nitrogen and oxygen atoms in total. The van der Waals surface area contributed by atoms with Crippen LogP contribution in [0.1, 0.15) is 0 Å². The van der Waals surface area contributed by atoms with E-state index in [2.05, 4.69) is 0 Å². The summed E-state index contributed by atoms with van der Waals surface area (Å²) in [6.07, 6.45) is 3.11. The summed E-state index contributed by atoms with van der Waals surface area (Å²) in [5.41, 5.74) is 0. The maximum Gasteiger partial charge on any atom is 0.222 e. The quantitative estimate of drug-likeness (QED) is 0.335. The van der Waals surface area contributed by atoms with E-state index in [0.717, 1.165) is 4.73 Å². The fourth-order valence-electron chi connectivity index (χ4n) is 0.390. The van der Waals surface area contributed by atoms with Gasteiger partial charge in [-0.05, 0) is 0 Å². The Labute approximate surface area is 58.1 Å². The predicted octanol–water partition coefficient (Wildman–Crippen LogP) is -2.78. The maximum absolute atomic E-state index is 8.55. The van der Waals surface area contributed by atoms with Crippen molar-refractivity contribution < 1.29 is 26.9 Å². The highest BCUT2D eigenvalue weighted by Gasteiger charge is 1.82. The zero-order chi connectivity index (χ0) is 5.11. The van der Waals surface area contributed by atoms with Crippen LogP contribution in [0.15, 0.2) is 30.6 Å². The minimum atomic E-state index is 0. The second-order valence-corrected chi connectivity index (χ2v) is 1.26. The number of hydrogen-bond acceptors (Lipinski definition) is 1. The van der Waals surface area contributed by atoms with Crippen LogP contribution >= 0.6 is 0 Å². The number of hydrogen-bond donors (Lipinski definition) is 1. The highest BCUT2D eigenvalue weighted by molar-refractivity contribution is 4.82. The molecule has 0 unspecified atom stereocenters. The van der Waals surface area contributed by atoms with Gasteiger partial charge in [0.1, 0.15) is 0 Å². The molecule has 0 saturated heterocycles. The first-order valence-corrected chi connectivity index (χ1v) is 2.05. The van der Waals surface area contributed by atoms with Crippen LogP contribution in [0.4, 0.5) is 0 Å². The van der Waals surface area contributed by atoms with Crippen LogP contribution < -0.4 is 21.7 Å². The van der Waals surface area contributed by atoms with Gasteiger partial charge in [0.15, 0.2) is 0 Å². The highest BCUT2D eigenvalue weighted by atomic mass is 79.9. The molecule has 0 aliphatic heterocycles. The molecule has 1 rings (SSSR count). The SMILES string of the molecule is O[n+]1ccccc1.[Br-]. The smallest absolute Gasteiger partial charge is 0.222 e. The molecule has 8 heavy (non-hydrogen) atoms. The van der Waals surface area contributed by atoms with Crippen LogP contribution in [-0.2, 0) is 0 Å². The topological polar surface area (TPSA) is 24.1 Å². The third kappa shape index (κ3) is 1.93. The van der Waals surface area contributed by atoms with Crippen molar-refractivity contribution in [3.8, 4) is 0 Å². The second kappa shape index (κ2) is 3.43. The van der Waals surface area contributed by atoms with Gasteiger partial charge >= 0.3 is 0 Å². The Morgan fingerprint density at radius 1 is 1.00 bits per heavy atom. The van der Waals surface area contributed by atoms with Gasteiger partial charge in [-0.15, -0.1) is 0 Å². The van der Waals surface area contributed by atoms with Gasteiger partial charge in [-0.3, -0.25) is 5.21 Å². The molecule has 44 valence electrons. The summed E-state index contributed by atoms with van der Waals surface area (Å²) < 4.78 is 1.00. The third-order valence-electron chi connectivity index (χ3n) is 0.700. The van der Waals surface area contributed by atoms with Gasteiger partial charge in [0.05, 0.1) is 0 Å². The Morgan fingerprint density at radius 2 is 1.50 bits per heavy atom. The van der Waals surface area contributed by atoms with Crippen molar-refractivity contribution in [1.82, 2.24) is 0 Å². The summed E-state index contributed by atoms with van der Waals surface area (Å²) >= 11 is 0. The molecule has 0 aliphatic rings. The summed E-state index contributed by atoms with van der Waals surface area (Å²) in [6, 6.07) is 5.34. The average Bonchev–Trinajstić information content (AvgIpc) is 1.69. The van der Waals surface area contributed by atoms with Gasteiger partial charge in [0.25, 0.3) is 0 Å². The van der Waals surface area contributed by atoms with E-state index in [4.69, 9.17) is 5.21 Å².